The summed E-state index contributed by atoms with van der Waals surface area (Å²) in [5.41, 5.74) is 7.82. The molecule has 0 radical (unpaired) electrons. The van der Waals surface area contributed by atoms with Gasteiger partial charge in [-0.3, -0.25) is 14.6 Å². The fraction of sp³-hybridized carbons (Fsp3) is 0.387. The second kappa shape index (κ2) is 9.70. The maximum absolute atomic E-state index is 12.0. The average Bonchev–Trinajstić information content (AvgIpc) is 3.52. The van der Waals surface area contributed by atoms with Crippen molar-refractivity contribution >= 4 is 43.9 Å². The van der Waals surface area contributed by atoms with Crippen LogP contribution >= 0.6 is 11.6 Å². The highest BCUT2D eigenvalue weighted by Gasteiger charge is 2.54. The number of aromatic amines is 1. The molecule has 4 aromatic rings. The summed E-state index contributed by atoms with van der Waals surface area (Å²) >= 11 is 7.04. The zero-order valence-electron chi connectivity index (χ0n) is 23.7. The number of nitrogens with one attached hydrogen (secondary N) is 1. The number of carbonyl (C=O) groups is 1. The molecule has 218 valence electrons. The van der Waals surface area contributed by atoms with Gasteiger partial charge in [-0.25, -0.2) is 8.42 Å². The Hall–Kier alpha value is -3.63. The van der Waals surface area contributed by atoms with Gasteiger partial charge in [-0.15, -0.1) is 0 Å². The van der Waals surface area contributed by atoms with Crippen molar-refractivity contribution in [3.05, 3.63) is 65.5 Å². The van der Waals surface area contributed by atoms with Gasteiger partial charge < -0.3 is 9.80 Å². The number of sulfone groups is 1. The molecule has 3 aliphatic rings. The predicted octanol–water partition coefficient (Wildman–Crippen LogP) is 4.95. The van der Waals surface area contributed by atoms with Crippen molar-refractivity contribution in [1.29, 1.82) is 0 Å². The van der Waals surface area contributed by atoms with Gasteiger partial charge in [0, 0.05) is 65.1 Å². The van der Waals surface area contributed by atoms with Crippen LogP contribution in [0.5, 0.6) is 0 Å². The molecule has 42 heavy (non-hydrogen) atoms. The number of aromatic nitrogens is 4. The van der Waals surface area contributed by atoms with Gasteiger partial charge in [0.1, 0.15) is 5.69 Å². The first-order valence-electron chi connectivity index (χ1n) is 14.3. The van der Waals surface area contributed by atoms with E-state index in [1.807, 2.05) is 24.1 Å². The molecular formula is C31H33ClN6O3S. The number of nitrogens with zero attached hydrogens (tertiary/aromatic N) is 5. The molecule has 2 saturated heterocycles. The van der Waals surface area contributed by atoms with E-state index >= 15 is 0 Å². The second-order valence-electron chi connectivity index (χ2n) is 12.1. The molecule has 11 heteroatoms. The Balaban J connectivity index is 1.27. The molecule has 1 saturated carbocycles. The fourth-order valence-corrected chi connectivity index (χ4v) is 8.49. The van der Waals surface area contributed by atoms with Crippen LogP contribution < -0.4 is 4.90 Å². The van der Waals surface area contributed by atoms with Gasteiger partial charge in [-0.2, -0.15) is 10.2 Å². The summed E-state index contributed by atoms with van der Waals surface area (Å²) in [7, 11) is -2.95. The largest absolute Gasteiger partial charge is 0.369 e. The minimum Gasteiger partial charge on any atom is -0.369 e. The third-order valence-electron chi connectivity index (χ3n) is 9.34. The summed E-state index contributed by atoms with van der Waals surface area (Å²) in [5, 5.41) is 14.3. The van der Waals surface area contributed by atoms with Crippen LogP contribution in [0.25, 0.3) is 33.3 Å². The van der Waals surface area contributed by atoms with Crippen molar-refractivity contribution in [3.63, 3.8) is 0 Å². The van der Waals surface area contributed by atoms with E-state index in [0.717, 1.165) is 76.2 Å². The Morgan fingerprint density at radius 3 is 2.48 bits per heavy atom. The number of hydrogen-bond acceptors (Lipinski definition) is 6. The Kier molecular flexibility index (Phi) is 6.29. The summed E-state index contributed by atoms with van der Waals surface area (Å²) in [5.74, 6) is 0.353. The molecule has 3 fully saturated rings. The standard InChI is InChI=1S/C31H33ClN6O3S/c1-4-26(39)37-17-31(18-37)14-23(15-31)38-20(3)27(28-24-16-33-34-25(24)13-19(2)29(28)32)30(35-38)21-5-7-22(8-6-21)36-9-11-42(40,41)12-10-36/h4-8,13,16,23H,1,9-12,14-15,17-18H2,2-3H3,(H,33,34). The summed E-state index contributed by atoms with van der Waals surface area (Å²) < 4.78 is 26.0. The van der Waals surface area contributed by atoms with E-state index in [9.17, 15) is 13.2 Å². The van der Waals surface area contributed by atoms with Crippen molar-refractivity contribution in [3.8, 4) is 22.4 Å². The lowest BCUT2D eigenvalue weighted by molar-refractivity contribution is -0.149. The van der Waals surface area contributed by atoms with Crippen molar-refractivity contribution in [2.75, 3.05) is 42.6 Å². The SMILES string of the molecule is C=CC(=O)N1CC2(CC(n3nc(-c4ccc(N5CCS(=O)(=O)CC5)cc4)c(-c4c(Cl)c(C)cc5[nH]ncc45)c3C)C2)C1. The van der Waals surface area contributed by atoms with E-state index in [4.69, 9.17) is 16.7 Å². The Morgan fingerprint density at radius 2 is 1.81 bits per heavy atom. The third-order valence-corrected chi connectivity index (χ3v) is 11.4. The number of H-pyrrole nitrogens is 1. The molecule has 7 rings (SSSR count). The normalized spacial score (nSPS) is 19.6. The molecule has 1 amide bonds. The van der Waals surface area contributed by atoms with Crippen molar-refractivity contribution < 1.29 is 13.2 Å². The molecule has 4 heterocycles. The van der Waals surface area contributed by atoms with Gasteiger partial charge in [-0.1, -0.05) is 30.3 Å². The minimum atomic E-state index is -2.95. The third kappa shape index (κ3) is 4.34. The van der Waals surface area contributed by atoms with Crippen LogP contribution in [0.15, 0.2) is 49.2 Å². The van der Waals surface area contributed by atoms with Gasteiger partial charge in [0.15, 0.2) is 9.84 Å². The van der Waals surface area contributed by atoms with E-state index < -0.39 is 9.84 Å². The molecule has 0 unspecified atom stereocenters. The molecule has 2 aromatic carbocycles. The number of rotatable bonds is 5. The molecule has 0 bridgehead atoms. The summed E-state index contributed by atoms with van der Waals surface area (Å²) in [4.78, 5) is 16.0. The van der Waals surface area contributed by atoms with E-state index in [1.54, 1.807) is 0 Å². The number of aryl methyl sites for hydroxylation is 1. The maximum Gasteiger partial charge on any atom is 0.245 e. The van der Waals surface area contributed by atoms with Crippen LogP contribution in [-0.2, 0) is 14.6 Å². The van der Waals surface area contributed by atoms with E-state index in [0.29, 0.717) is 18.1 Å². The Morgan fingerprint density at radius 1 is 1.12 bits per heavy atom. The van der Waals surface area contributed by atoms with Crippen molar-refractivity contribution in [1.82, 2.24) is 24.9 Å². The van der Waals surface area contributed by atoms with Crippen LogP contribution in [0.4, 0.5) is 5.69 Å². The van der Waals surface area contributed by atoms with Crippen LogP contribution in [0.1, 0.15) is 30.1 Å². The molecular weight excluding hydrogens is 572 g/mol. The number of amides is 1. The fourth-order valence-electron chi connectivity index (χ4n) is 7.04. The predicted molar refractivity (Wildman–Crippen MR) is 166 cm³/mol. The number of carbonyl (C=O) groups excluding carboxylic acids is 1. The van der Waals surface area contributed by atoms with Crippen LogP contribution in [0, 0.1) is 19.3 Å². The van der Waals surface area contributed by atoms with Gasteiger partial charge in [0.05, 0.1) is 34.3 Å². The minimum absolute atomic E-state index is 0.00300. The zero-order valence-corrected chi connectivity index (χ0v) is 25.3. The first kappa shape index (κ1) is 27.2. The van der Waals surface area contributed by atoms with Crippen molar-refractivity contribution in [2.45, 2.75) is 32.7 Å². The smallest absolute Gasteiger partial charge is 0.245 e. The number of benzene rings is 2. The lowest BCUT2D eigenvalue weighted by Crippen LogP contribution is -2.63. The highest BCUT2D eigenvalue weighted by atomic mass is 35.5. The molecule has 1 N–H and O–H groups in total. The monoisotopic (exact) mass is 604 g/mol. The van der Waals surface area contributed by atoms with Crippen LogP contribution in [0.2, 0.25) is 5.02 Å². The van der Waals surface area contributed by atoms with Crippen LogP contribution in [0.3, 0.4) is 0 Å². The van der Waals surface area contributed by atoms with Gasteiger partial charge in [0.25, 0.3) is 0 Å². The number of hydrogen-bond donors (Lipinski definition) is 1. The number of fused-ring (bicyclic) bond motifs is 1. The first-order valence-corrected chi connectivity index (χ1v) is 16.5. The highest BCUT2D eigenvalue weighted by molar-refractivity contribution is 7.91. The van der Waals surface area contributed by atoms with E-state index in [-0.39, 0.29) is 28.9 Å². The summed E-state index contributed by atoms with van der Waals surface area (Å²) in [6, 6.07) is 10.5. The first-order chi connectivity index (χ1) is 20.1. The second-order valence-corrected chi connectivity index (χ2v) is 14.8. The molecule has 1 aliphatic carbocycles. The van der Waals surface area contributed by atoms with Gasteiger partial charge in [-0.05, 0) is 56.5 Å². The Labute approximate surface area is 250 Å². The lowest BCUT2D eigenvalue weighted by Gasteiger charge is -2.58. The summed E-state index contributed by atoms with van der Waals surface area (Å²) in [6.07, 6.45) is 5.14. The Bertz CT molecular complexity index is 1830. The molecule has 1 spiro atoms. The van der Waals surface area contributed by atoms with Gasteiger partial charge in [0.2, 0.25) is 5.91 Å². The molecule has 0 atom stereocenters. The zero-order chi connectivity index (χ0) is 29.4. The van der Waals surface area contributed by atoms with Gasteiger partial charge >= 0.3 is 0 Å². The van der Waals surface area contributed by atoms with E-state index in [1.165, 1.54) is 6.08 Å². The topological polar surface area (TPSA) is 104 Å². The number of anilines is 1. The quantitative estimate of drug-likeness (QED) is 0.323. The lowest BCUT2D eigenvalue weighted by atomic mass is 9.60. The molecule has 2 aliphatic heterocycles. The average molecular weight is 605 g/mol. The highest BCUT2D eigenvalue weighted by Crippen LogP contribution is 2.55. The van der Waals surface area contributed by atoms with Crippen LogP contribution in [-0.4, -0.2) is 76.9 Å². The molecule has 9 nitrogen and oxygen atoms in total. The number of likely N-dealkylation sites (tertiary alicyclic amines) is 1. The van der Waals surface area contributed by atoms with E-state index in [2.05, 4.69) is 57.5 Å². The van der Waals surface area contributed by atoms with Crippen molar-refractivity contribution in [2.24, 2.45) is 5.41 Å². The molecule has 2 aromatic heterocycles. The number of halogens is 1. The summed E-state index contributed by atoms with van der Waals surface area (Å²) in [6.45, 7) is 10.3. The maximum atomic E-state index is 12.0.